The summed E-state index contributed by atoms with van der Waals surface area (Å²) < 4.78 is 172. The van der Waals surface area contributed by atoms with Crippen molar-refractivity contribution in [3.05, 3.63) is 173 Å². The molecule has 8 aromatic rings. The van der Waals surface area contributed by atoms with Crippen LogP contribution < -0.4 is 35.6 Å². The fourth-order valence-electron chi connectivity index (χ4n) is 14.5. The van der Waals surface area contributed by atoms with E-state index in [1.54, 1.807) is 49.4 Å². The molecule has 112 heavy (non-hydrogen) atoms. The van der Waals surface area contributed by atoms with E-state index in [2.05, 4.69) is 30.7 Å². The lowest BCUT2D eigenvalue weighted by Crippen LogP contribution is -2.54. The van der Waals surface area contributed by atoms with Crippen LogP contribution in [0, 0.1) is 12.7 Å². The second kappa shape index (κ2) is 36.2. The number of sulfonamides is 1. The van der Waals surface area contributed by atoms with Crippen molar-refractivity contribution in [3.63, 3.8) is 0 Å². The summed E-state index contributed by atoms with van der Waals surface area (Å²) >= 11 is 7.72. The first-order valence-electron chi connectivity index (χ1n) is 36.9. The summed E-state index contributed by atoms with van der Waals surface area (Å²) in [4.78, 5) is 56.8. The van der Waals surface area contributed by atoms with Gasteiger partial charge in [-0.05, 0) is 167 Å². The van der Waals surface area contributed by atoms with Gasteiger partial charge in [0.2, 0.25) is 11.8 Å². The maximum Gasteiger partial charge on any atom is 0.501 e. The smallest absolute Gasteiger partial charge is 0.501 e. The number of halogens is 5. The number of piperazine rings is 1. The Bertz CT molecular complexity index is 5020. The van der Waals surface area contributed by atoms with Crippen LogP contribution in [0.25, 0.3) is 22.4 Å². The molecule has 4 N–H and O–H groups in total. The SMILES string of the molecule is Cc1c(S(C)(=O)=O)c(-c2cc(F)cc(N3CCN(c4ccc(NS(=O)(=O)c5ccc(N[C@H](CCN6CCC(OCCCn7cc(COCCOCCOCCNc8cccc9c8C(=O)N(C8CCC(=O)NC8=O)C9=O)[n-]7)CC6)CSc6ccccc6)c(S(=O)(=O)C(F)(F)F)c5)cc4)CC3)c2)c(-c2ccc(Cl)cc2)n1C(C)C. The van der Waals surface area contributed by atoms with Crippen LogP contribution >= 0.6 is 23.4 Å². The molecule has 1 unspecified atom stereocenters. The number of nitrogens with one attached hydrogen (secondary N) is 4. The van der Waals surface area contributed by atoms with E-state index in [9.17, 15) is 57.6 Å². The highest BCUT2D eigenvalue weighted by molar-refractivity contribution is 7.99. The Morgan fingerprint density at radius 2 is 1.38 bits per heavy atom. The number of fused-ring (bicyclic) bond motifs is 1. The van der Waals surface area contributed by atoms with Gasteiger partial charge in [-0.25, -0.2) is 29.6 Å². The predicted octanol–water partition coefficient (Wildman–Crippen LogP) is 11.7. The molecular formula is C78H89ClF4N11O14S4-. The summed E-state index contributed by atoms with van der Waals surface area (Å²) in [5, 5.41) is 13.4. The summed E-state index contributed by atoms with van der Waals surface area (Å²) in [7, 11) is -14.6. The van der Waals surface area contributed by atoms with E-state index < -0.39 is 92.2 Å². The van der Waals surface area contributed by atoms with Gasteiger partial charge < -0.3 is 58.6 Å². The van der Waals surface area contributed by atoms with E-state index >= 15 is 4.39 Å². The molecule has 0 spiro atoms. The summed E-state index contributed by atoms with van der Waals surface area (Å²) in [5.74, 6) is -2.52. The van der Waals surface area contributed by atoms with Gasteiger partial charge in [0.25, 0.3) is 31.7 Å². The number of benzene rings is 6. The molecule has 4 aliphatic heterocycles. The third-order valence-corrected chi connectivity index (χ3v) is 25.5. The second-order valence-corrected chi connectivity index (χ2v) is 35.2. The van der Waals surface area contributed by atoms with Crippen LogP contribution in [-0.4, -0.2) is 196 Å². The van der Waals surface area contributed by atoms with Crippen molar-refractivity contribution in [1.82, 2.24) is 29.5 Å². The number of carbonyl (C=O) groups excluding carboxylic acids is 4. The summed E-state index contributed by atoms with van der Waals surface area (Å²) in [6.07, 6.45) is 5.79. The lowest BCUT2D eigenvalue weighted by molar-refractivity contribution is -0.136. The maximum atomic E-state index is 15.9. The van der Waals surface area contributed by atoms with Gasteiger partial charge in [0, 0.05) is 140 Å². The third-order valence-electron chi connectivity index (χ3n) is 19.9. The Labute approximate surface area is 657 Å². The summed E-state index contributed by atoms with van der Waals surface area (Å²) in [6, 6.07) is 33.0. The van der Waals surface area contributed by atoms with Crippen LogP contribution in [-0.2, 0) is 71.4 Å². The first kappa shape index (κ1) is 82.7. The maximum absolute atomic E-state index is 15.9. The zero-order valence-electron chi connectivity index (χ0n) is 62.2. The number of amides is 4. The van der Waals surface area contributed by atoms with Gasteiger partial charge in [0.05, 0.1) is 78.0 Å². The number of carbonyl (C=O) groups is 4. The molecular weight excluding hydrogens is 1550 g/mol. The largest absolute Gasteiger partial charge is 0.596 e. The zero-order chi connectivity index (χ0) is 79.7. The number of alkyl halides is 3. The van der Waals surface area contributed by atoms with Gasteiger partial charge in [-0.1, -0.05) is 48.0 Å². The molecule has 3 saturated heterocycles. The van der Waals surface area contributed by atoms with E-state index in [1.807, 2.05) is 81.6 Å². The molecule has 6 heterocycles. The minimum atomic E-state index is -6.12. The van der Waals surface area contributed by atoms with Crippen LogP contribution in [0.1, 0.15) is 90.5 Å². The number of piperidine rings is 2. The summed E-state index contributed by atoms with van der Waals surface area (Å²) in [5.41, 5.74) is -0.678. The fourth-order valence-corrected chi connectivity index (χ4v) is 18.9. The Morgan fingerprint density at radius 1 is 0.705 bits per heavy atom. The van der Waals surface area contributed by atoms with Crippen LogP contribution in [0.3, 0.4) is 0 Å². The van der Waals surface area contributed by atoms with Crippen molar-refractivity contribution in [1.29, 1.82) is 0 Å². The number of likely N-dealkylation sites (tertiary alicyclic amines) is 1. The normalized spacial score (nSPS) is 16.6. The number of aryl methyl sites for hydroxylation is 1. The Morgan fingerprint density at radius 3 is 2.05 bits per heavy atom. The average molecular weight is 1640 g/mol. The van der Waals surface area contributed by atoms with Crippen molar-refractivity contribution in [2.75, 3.05) is 129 Å². The average Bonchev–Trinajstić information content (AvgIpc) is 1.56. The molecule has 2 aromatic heterocycles. The fraction of sp³-hybridized carbons (Fsp3) is 0.410. The Hall–Kier alpha value is -8.77. The Balaban J connectivity index is 0.575. The molecule has 4 aliphatic rings. The van der Waals surface area contributed by atoms with E-state index in [4.69, 9.17) is 30.5 Å². The van der Waals surface area contributed by atoms with Gasteiger partial charge in [-0.2, -0.15) is 13.2 Å². The van der Waals surface area contributed by atoms with E-state index in [0.29, 0.717) is 167 Å². The number of aromatic nitrogens is 3. The van der Waals surface area contributed by atoms with Gasteiger partial charge >= 0.3 is 5.51 Å². The lowest BCUT2D eigenvalue weighted by Gasteiger charge is -2.37. The van der Waals surface area contributed by atoms with Crippen molar-refractivity contribution in [2.45, 2.75) is 122 Å². The van der Waals surface area contributed by atoms with Gasteiger partial charge in [0.15, 0.2) is 9.84 Å². The first-order chi connectivity index (χ1) is 53.5. The van der Waals surface area contributed by atoms with Crippen LogP contribution in [0.4, 0.5) is 46.0 Å². The minimum Gasteiger partial charge on any atom is -0.596 e. The van der Waals surface area contributed by atoms with Crippen molar-refractivity contribution in [3.8, 4) is 22.4 Å². The molecule has 0 bridgehead atoms. The molecule has 4 amide bonds. The number of hydrogen-bond donors (Lipinski definition) is 4. The van der Waals surface area contributed by atoms with E-state index in [1.165, 1.54) is 42.1 Å². The number of ether oxygens (including phenoxy) is 4. The number of nitrogens with zero attached hydrogens (tertiary/aromatic N) is 7. The Kier molecular flexibility index (Phi) is 26.7. The standard InChI is InChI=1S/C78H89ClF4N11O14S4/c1-51(2)93-52(3)74(110(4,99)100)71(73(93)53-14-16-55(79)17-15-53)54-44-56(80)46-61(45-54)91-36-34-90(35-37-91)60-20-18-57(19-21-60)88-112(103,104)64-22-23-66(69(47-64)111(101,102)78(81,82)83)85-58(50-109-63-10-6-5-7-11-63)26-31-89-32-27-62(28-33-89)108-38-9-30-92-48-59(87-92)49-107-43-42-106-41-40-105-39-29-84-67-13-8-12-65-72(67)77(98)94(76(65)97)68-24-25-70(95)86-75(68)96/h5-8,10-23,44-48,51,58,62,68,85,88H,9,24-43,49-50H2,1-4H3,(H,84,98)(H,86,95,96)/q-1/t58-,68?/m1/s1. The second-order valence-electron chi connectivity index (χ2n) is 28.1. The van der Waals surface area contributed by atoms with Crippen molar-refractivity contribution in [2.24, 2.45) is 0 Å². The van der Waals surface area contributed by atoms with Crippen molar-refractivity contribution >= 4 is 105 Å². The molecule has 2 atom stereocenters. The highest BCUT2D eigenvalue weighted by Crippen LogP contribution is 2.46. The monoisotopic (exact) mass is 1640 g/mol. The molecule has 3 fully saturated rings. The number of anilines is 5. The van der Waals surface area contributed by atoms with Crippen LogP contribution in [0.15, 0.2) is 159 Å². The van der Waals surface area contributed by atoms with Crippen LogP contribution in [0.5, 0.6) is 0 Å². The number of rotatable bonds is 36. The third kappa shape index (κ3) is 19.9. The molecule has 0 radical (unpaired) electrons. The molecule has 0 aliphatic carbocycles. The van der Waals surface area contributed by atoms with E-state index in [-0.39, 0.29) is 53.3 Å². The highest BCUT2D eigenvalue weighted by Gasteiger charge is 2.49. The highest BCUT2D eigenvalue weighted by atomic mass is 35.5. The quantitative estimate of drug-likeness (QED) is 0.0123. The molecule has 25 nitrogen and oxygen atoms in total. The number of thioether (sulfide) groups is 1. The van der Waals surface area contributed by atoms with E-state index in [0.717, 1.165) is 53.1 Å². The molecule has 12 rings (SSSR count). The topological polar surface area (TPSA) is 293 Å². The predicted molar refractivity (Wildman–Crippen MR) is 420 cm³/mol. The number of hydrogen-bond acceptors (Lipinski definition) is 20. The number of sulfone groups is 2. The molecule has 6 aromatic carbocycles. The number of imide groups is 2. The molecule has 600 valence electrons. The van der Waals surface area contributed by atoms with Crippen molar-refractivity contribution < 1.29 is 80.9 Å². The minimum absolute atomic E-state index is 0.0159. The van der Waals surface area contributed by atoms with Gasteiger partial charge in [-0.3, -0.25) is 34.1 Å². The van der Waals surface area contributed by atoms with Crippen LogP contribution in [0.2, 0.25) is 5.02 Å². The first-order valence-corrected chi connectivity index (χ1v) is 43.1. The molecule has 0 saturated carbocycles. The lowest BCUT2D eigenvalue weighted by atomic mass is 9.99. The van der Waals surface area contributed by atoms with Gasteiger partial charge in [-0.15, -0.1) is 17.5 Å². The zero-order valence-corrected chi connectivity index (χ0v) is 66.2. The summed E-state index contributed by atoms with van der Waals surface area (Å²) in [6.45, 7) is 12.7. The molecule has 34 heteroatoms. The van der Waals surface area contributed by atoms with Gasteiger partial charge in [0.1, 0.15) is 16.8 Å².